The van der Waals surface area contributed by atoms with Gasteiger partial charge in [-0.25, -0.2) is 9.69 Å². The maximum atomic E-state index is 15.2. The summed E-state index contributed by atoms with van der Waals surface area (Å²) >= 11 is 0. The third-order valence-electron chi connectivity index (χ3n) is 18.3. The van der Waals surface area contributed by atoms with Crippen molar-refractivity contribution in [1.82, 2.24) is 52.8 Å². The van der Waals surface area contributed by atoms with Crippen LogP contribution in [0.2, 0.25) is 0 Å². The Morgan fingerprint density at radius 3 is 1.82 bits per heavy atom. The van der Waals surface area contributed by atoms with Crippen molar-refractivity contribution >= 4 is 41.6 Å². The van der Waals surface area contributed by atoms with Gasteiger partial charge in [0.2, 0.25) is 41.7 Å². The van der Waals surface area contributed by atoms with Gasteiger partial charge in [-0.3, -0.25) is 44.7 Å². The molecule has 6 amide bonds. The summed E-state index contributed by atoms with van der Waals surface area (Å²) in [7, 11) is 0. The summed E-state index contributed by atoms with van der Waals surface area (Å²) in [5.41, 5.74) is 13.8. The summed E-state index contributed by atoms with van der Waals surface area (Å²) < 4.78 is 39.1. The Balaban J connectivity index is 0.969. The van der Waals surface area contributed by atoms with Crippen LogP contribution in [0.25, 0.3) is 0 Å². The van der Waals surface area contributed by atoms with Gasteiger partial charge in [0.05, 0.1) is 44.6 Å². The van der Waals surface area contributed by atoms with E-state index < -0.39 is 253 Å². The highest BCUT2D eigenvalue weighted by molar-refractivity contribution is 5.98. The van der Waals surface area contributed by atoms with Crippen molar-refractivity contribution in [3.05, 3.63) is 102 Å². The number of nitrogens with two attached hydrogens (primary N) is 2. The van der Waals surface area contributed by atoms with E-state index in [2.05, 4.69) is 47.9 Å². The summed E-state index contributed by atoms with van der Waals surface area (Å²) in [6.45, 7) is -3.74. The minimum Gasteiger partial charge on any atom is -0.462 e. The summed E-state index contributed by atoms with van der Waals surface area (Å²) in [6.07, 6.45) is -35.8. The lowest BCUT2D eigenvalue weighted by atomic mass is 9.92. The van der Waals surface area contributed by atoms with E-state index in [1.807, 2.05) is 0 Å². The Morgan fingerprint density at radius 2 is 1.17 bits per heavy atom. The van der Waals surface area contributed by atoms with E-state index >= 15 is 9.59 Å². The van der Waals surface area contributed by atoms with Gasteiger partial charge in [-0.05, 0) is 28.8 Å². The molecular weight excluding hydrogens is 1340 g/mol. The standard InChI is InChI=1S/C62H88N12O27/c1-25(28-10-6-3-7-11-28)38-54(91)68-30(16-26-12-14-29(15-13-26)97-58-50(88)47(85)51(35(22-77)99-58)101-59-49(87)46(84)44(82)36(100-59)24-96-62(94)95-23-27-8-4-2-5-9-27)53(90)72-39(41(79)31-17-66-60(63)70-31)56(93)73-40(55(92)69-32(20-75)52(89)65-19-37(78)71-38)42(80)33-18-67-61(64)74(33)57-48(86)45(83)43(81)34(21-76)98-57/h2-15,25,30-36,38-51,57-61,66-67,70,75-77,79-88H,16-24,63-64H2,1H3,(H,65,89)(H,68,91)(H,69,92)(H,71,78)(H,72,90)(H,73,93)/t25-,30+,31-,32-,33-,34+,35+,36+,38-,39-,40+,41-,42-,43+,44+,45-,46-,47+,48-,49-,50-,51+,57-,58-,59+,60?,61?/m0/s1. The SMILES string of the molecule is C[C@@H](c1ccccc1)[C@@H]1NC(=O)CNC(=O)[C@H](CO)NC(=O)[C@@H]([C@@H](O)[C@@H]2CNC(N)N2[C@H]2O[C@H](CO)[C@@H](O)[C@H](O)[C@@H]2O)NC(=O)[C@H]([C@@H](O)[C@@H]2CNC(N)N2)NC(=O)[C@@H](Cc2ccc(O[C@H]3O[C@H](CO)[C@@H](O[C@H]4O[C@H](COC(=O)OCc5ccccc5)[C@@H](O)[C@H](O)[C@@H]4O)[C@H](O)[C@@H]3O)cc2)NC1=O. The Hall–Kier alpha value is -7.37. The van der Waals surface area contributed by atoms with E-state index in [0.29, 0.717) is 11.1 Å². The second-order valence-electron chi connectivity index (χ2n) is 25.1. The molecule has 26 N–H and O–H groups in total. The molecule has 2 unspecified atom stereocenters. The number of nitrogens with one attached hydrogen (secondary N) is 9. The molecule has 3 aromatic rings. The molecular formula is C62H88N12O27. The van der Waals surface area contributed by atoms with Gasteiger partial charge in [-0.1, -0.05) is 79.7 Å². The first kappa shape index (κ1) is 77.8. The molecule has 6 aliphatic heterocycles. The van der Waals surface area contributed by atoms with Crippen molar-refractivity contribution in [1.29, 1.82) is 0 Å². The molecule has 39 nitrogen and oxygen atoms in total. The van der Waals surface area contributed by atoms with E-state index in [1.165, 1.54) is 24.3 Å². The van der Waals surface area contributed by atoms with Crippen LogP contribution in [0.15, 0.2) is 84.9 Å². The molecule has 0 radical (unpaired) electrons. The molecule has 0 saturated carbocycles. The third-order valence-corrected chi connectivity index (χ3v) is 18.3. The number of benzene rings is 3. The molecule has 6 saturated heterocycles. The van der Waals surface area contributed by atoms with Crippen molar-refractivity contribution in [2.45, 2.75) is 185 Å². The fourth-order valence-electron chi connectivity index (χ4n) is 12.4. The highest BCUT2D eigenvalue weighted by Crippen LogP contribution is 2.33. The lowest BCUT2D eigenvalue weighted by molar-refractivity contribution is -0.352. The minimum atomic E-state index is -2.31. The van der Waals surface area contributed by atoms with Crippen molar-refractivity contribution in [3.8, 4) is 5.75 Å². The van der Waals surface area contributed by atoms with Crippen LogP contribution in [-0.4, -0.2) is 318 Å². The predicted octanol–water partition coefficient (Wildman–Crippen LogP) is -12.2. The van der Waals surface area contributed by atoms with Crippen molar-refractivity contribution in [3.63, 3.8) is 0 Å². The van der Waals surface area contributed by atoms with Gasteiger partial charge in [0.15, 0.2) is 6.29 Å². The smallest absolute Gasteiger partial charge is 0.462 e. The number of aliphatic hydroxyl groups excluding tert-OH is 13. The maximum absolute atomic E-state index is 15.2. The van der Waals surface area contributed by atoms with Crippen molar-refractivity contribution < 1.29 is 133 Å². The second kappa shape index (κ2) is 35.2. The van der Waals surface area contributed by atoms with Crippen LogP contribution >= 0.6 is 0 Å². The number of nitrogens with zero attached hydrogens (tertiary/aromatic N) is 1. The fourth-order valence-corrected chi connectivity index (χ4v) is 12.4. The molecule has 39 heteroatoms. The Morgan fingerprint density at radius 1 is 0.574 bits per heavy atom. The Kier molecular flexibility index (Phi) is 27.1. The lowest BCUT2D eigenvalue weighted by Gasteiger charge is -2.47. The molecule has 558 valence electrons. The second-order valence-corrected chi connectivity index (χ2v) is 25.1. The molecule has 6 heterocycles. The first-order valence-corrected chi connectivity index (χ1v) is 32.4. The van der Waals surface area contributed by atoms with Crippen LogP contribution in [-0.2, 0) is 70.2 Å². The van der Waals surface area contributed by atoms with Gasteiger partial charge < -0.3 is 143 Å². The Bertz CT molecular complexity index is 3250. The van der Waals surface area contributed by atoms with Crippen LogP contribution in [0.4, 0.5) is 4.79 Å². The summed E-state index contributed by atoms with van der Waals surface area (Å²) in [5.74, 6) is -8.25. The number of carbonyl (C=O) groups is 7. The predicted molar refractivity (Wildman–Crippen MR) is 338 cm³/mol. The number of ether oxygens (including phenoxy) is 7. The quantitative estimate of drug-likeness (QED) is 0.0467. The van der Waals surface area contributed by atoms with E-state index in [9.17, 15) is 90.4 Å². The zero-order valence-electron chi connectivity index (χ0n) is 54.2. The number of amides is 6. The van der Waals surface area contributed by atoms with Crippen LogP contribution in [0, 0.1) is 0 Å². The Labute approximate surface area is 575 Å². The van der Waals surface area contributed by atoms with Gasteiger partial charge in [0.25, 0.3) is 0 Å². The van der Waals surface area contributed by atoms with Crippen LogP contribution in [0.3, 0.4) is 0 Å². The fraction of sp³-hybridized carbons (Fsp3) is 0.597. The van der Waals surface area contributed by atoms with Crippen molar-refractivity contribution in [2.75, 3.05) is 46.1 Å². The number of rotatable bonds is 20. The molecule has 9 rings (SSSR count). The summed E-state index contributed by atoms with van der Waals surface area (Å²) in [5, 5.41) is 166. The molecule has 6 aliphatic rings. The first-order valence-electron chi connectivity index (χ1n) is 32.4. The van der Waals surface area contributed by atoms with Gasteiger partial charge in [0, 0.05) is 25.4 Å². The summed E-state index contributed by atoms with van der Waals surface area (Å²) in [6, 6.07) is 9.64. The monoisotopic (exact) mass is 1430 g/mol. The molecule has 6 fully saturated rings. The molecule has 27 atom stereocenters. The molecule has 101 heavy (non-hydrogen) atoms. The van der Waals surface area contributed by atoms with Gasteiger partial charge in [0.1, 0.15) is 147 Å². The van der Waals surface area contributed by atoms with E-state index in [-0.39, 0.29) is 24.5 Å². The van der Waals surface area contributed by atoms with E-state index in [1.54, 1.807) is 67.6 Å². The zero-order chi connectivity index (χ0) is 73.1. The third kappa shape index (κ3) is 18.7. The van der Waals surface area contributed by atoms with Crippen LogP contribution < -0.4 is 64.1 Å². The molecule has 0 spiro atoms. The van der Waals surface area contributed by atoms with Gasteiger partial charge >= 0.3 is 6.16 Å². The average Bonchev–Trinajstić information content (AvgIpc) is 1.74. The normalized spacial score (nSPS) is 36.7. The average molecular weight is 1430 g/mol. The number of hydrogen-bond donors (Lipinski definition) is 24. The minimum absolute atomic E-state index is 0.0902. The lowest BCUT2D eigenvalue weighted by Crippen LogP contribution is -2.70. The van der Waals surface area contributed by atoms with Crippen LogP contribution in [0.5, 0.6) is 5.75 Å². The molecule has 0 aliphatic carbocycles. The number of hydrogen-bond acceptors (Lipinski definition) is 33. The molecule has 0 aromatic heterocycles. The highest BCUT2D eigenvalue weighted by Gasteiger charge is 2.55. The topological polar surface area (TPSA) is 611 Å². The largest absolute Gasteiger partial charge is 0.508 e. The maximum Gasteiger partial charge on any atom is 0.508 e. The number of carbonyl (C=O) groups excluding carboxylic acids is 7. The highest BCUT2D eigenvalue weighted by atomic mass is 16.8. The molecule has 0 bridgehead atoms. The first-order chi connectivity index (χ1) is 48.2. The van der Waals surface area contributed by atoms with Crippen LogP contribution in [0.1, 0.15) is 29.5 Å². The zero-order valence-corrected chi connectivity index (χ0v) is 54.2. The number of aliphatic hydroxyl groups is 13. The molecule has 3 aromatic carbocycles. The van der Waals surface area contributed by atoms with E-state index in [0.717, 1.165) is 4.90 Å². The van der Waals surface area contributed by atoms with Gasteiger partial charge in [-0.2, -0.15) is 0 Å². The van der Waals surface area contributed by atoms with Crippen molar-refractivity contribution in [2.24, 2.45) is 11.5 Å². The summed E-state index contributed by atoms with van der Waals surface area (Å²) in [4.78, 5) is 101. The van der Waals surface area contributed by atoms with E-state index in [4.69, 9.17) is 44.6 Å². The van der Waals surface area contributed by atoms with Gasteiger partial charge in [-0.15, -0.1) is 0 Å².